The van der Waals surface area contributed by atoms with Crippen molar-refractivity contribution in [3.8, 4) is 0 Å². The predicted octanol–water partition coefficient (Wildman–Crippen LogP) is 2.80. The minimum absolute atomic E-state index is 0. The second-order valence-corrected chi connectivity index (χ2v) is 4.03. The third-order valence-corrected chi connectivity index (χ3v) is 2.60. The second kappa shape index (κ2) is 5.06. The summed E-state index contributed by atoms with van der Waals surface area (Å²) >= 11 is 3.58. The summed E-state index contributed by atoms with van der Waals surface area (Å²) in [5.74, 6) is 0. The Morgan fingerprint density at radius 2 is 1.62 bits per heavy atom. The van der Waals surface area contributed by atoms with Crippen LogP contribution in [-0.2, 0) is 0 Å². The zero-order chi connectivity index (χ0) is 5.91. The molecule has 0 heterocycles. The van der Waals surface area contributed by atoms with Crippen LogP contribution >= 0.6 is 15.9 Å². The van der Waals surface area contributed by atoms with E-state index in [0.29, 0.717) is 4.32 Å². The van der Waals surface area contributed by atoms with Crippen molar-refractivity contribution in [2.24, 2.45) is 0 Å². The van der Waals surface area contributed by atoms with Crippen molar-refractivity contribution in [1.82, 2.24) is 0 Å². The Bertz CT molecular complexity index is 53.7. The molecule has 0 aromatic carbocycles. The van der Waals surface area contributed by atoms with E-state index >= 15 is 0 Å². The third-order valence-electron chi connectivity index (χ3n) is 1.47. The Morgan fingerprint density at radius 1 is 1.38 bits per heavy atom. The number of alkyl halides is 1. The van der Waals surface area contributed by atoms with Crippen molar-refractivity contribution in [2.45, 2.75) is 37.9 Å². The molecule has 0 aromatic rings. The van der Waals surface area contributed by atoms with Gasteiger partial charge in [-0.3, -0.25) is 0 Å². The minimum atomic E-state index is 0. The van der Waals surface area contributed by atoms with Crippen LogP contribution in [0.2, 0.25) is 0 Å². The fourth-order valence-electron chi connectivity index (χ4n) is 0.250. The molecule has 0 unspecified atom stereocenters. The molecule has 8 heavy (non-hydrogen) atoms. The molecule has 0 atom stereocenters. The molecule has 0 fully saturated rings. The topological polar surface area (TPSA) is 0 Å². The van der Waals surface area contributed by atoms with E-state index in [9.17, 15) is 0 Å². The Kier molecular flexibility index (Phi) is 7.58. The van der Waals surface area contributed by atoms with Crippen LogP contribution in [0.4, 0.5) is 0 Å². The first-order valence-electron chi connectivity index (χ1n) is 2.81. The van der Waals surface area contributed by atoms with E-state index in [1.54, 1.807) is 0 Å². The first kappa shape index (κ1) is 12.0. The number of hydrogen-bond donors (Lipinski definition) is 0. The minimum Gasteiger partial charge on any atom is -1.00 e. The van der Waals surface area contributed by atoms with E-state index in [1.807, 2.05) is 0 Å². The van der Waals surface area contributed by atoms with Gasteiger partial charge in [0.15, 0.2) is 0 Å². The fourth-order valence-corrected chi connectivity index (χ4v) is 0.250. The van der Waals surface area contributed by atoms with Crippen LogP contribution in [0.15, 0.2) is 0 Å². The van der Waals surface area contributed by atoms with Gasteiger partial charge < -0.3 is 2.85 Å². The Balaban J connectivity index is -0.0000000600. The van der Waals surface area contributed by atoms with Gasteiger partial charge in [0, 0.05) is 4.32 Å². The Morgan fingerprint density at radius 3 is 1.62 bits per heavy atom. The monoisotopic (exact) mass is 190 g/mol. The zero-order valence-electron chi connectivity index (χ0n) is 8.00. The molecule has 48 valence electrons. The van der Waals surface area contributed by atoms with E-state index < -0.39 is 0 Å². The van der Waals surface area contributed by atoms with Crippen LogP contribution in [0, 0.1) is 0 Å². The number of rotatable bonds is 2. The van der Waals surface area contributed by atoms with Crippen molar-refractivity contribution >= 4 is 39.0 Å². The smallest absolute Gasteiger partial charge is 1.00 e. The number of hydrogen-bond acceptors (Lipinski definition) is 0. The van der Waals surface area contributed by atoms with Gasteiger partial charge in [0.1, 0.15) is 0 Å². The summed E-state index contributed by atoms with van der Waals surface area (Å²) < 4.78 is 0.396. The molecule has 0 aliphatic carbocycles. The van der Waals surface area contributed by atoms with E-state index in [1.165, 1.54) is 12.8 Å². The first-order valence-corrected chi connectivity index (χ1v) is 3.60. The summed E-state index contributed by atoms with van der Waals surface area (Å²) in [4.78, 5) is 0. The van der Waals surface area contributed by atoms with Gasteiger partial charge in [-0.2, -0.15) is 0 Å². The van der Waals surface area contributed by atoms with Gasteiger partial charge in [-0.05, 0) is 19.8 Å². The maximum Gasteiger partial charge on any atom is 2.00 e. The van der Waals surface area contributed by atoms with Gasteiger partial charge in [-0.1, -0.05) is 29.8 Å². The molecule has 0 aromatic heterocycles. The summed E-state index contributed by atoms with van der Waals surface area (Å²) in [5.41, 5.74) is 0. The normalized spacial score (nSPS) is 10.5. The molecular formula is C6H15BrMg. The predicted molar refractivity (Wildman–Crippen MR) is 45.9 cm³/mol. The second-order valence-electron chi connectivity index (χ2n) is 2.12. The largest absolute Gasteiger partial charge is 2.00 e. The molecule has 0 nitrogen and oxygen atoms in total. The van der Waals surface area contributed by atoms with Crippen LogP contribution in [0.5, 0.6) is 0 Å². The van der Waals surface area contributed by atoms with Crippen molar-refractivity contribution in [1.29, 1.82) is 0 Å². The summed E-state index contributed by atoms with van der Waals surface area (Å²) in [6.45, 7) is 6.60. The Labute approximate surface area is 79.7 Å². The third kappa shape index (κ3) is 5.38. The van der Waals surface area contributed by atoms with Crippen molar-refractivity contribution in [3.05, 3.63) is 0 Å². The average Bonchev–Trinajstić information content (AvgIpc) is 1.68. The van der Waals surface area contributed by atoms with Crippen LogP contribution in [0.3, 0.4) is 0 Å². The van der Waals surface area contributed by atoms with Crippen molar-refractivity contribution in [2.75, 3.05) is 0 Å². The Hall–Kier alpha value is 1.25. The molecule has 0 amide bonds. The molecule has 0 bridgehead atoms. The fraction of sp³-hybridized carbons (Fsp3) is 1.00. The summed E-state index contributed by atoms with van der Waals surface area (Å²) in [6.07, 6.45) is 2.42. The van der Waals surface area contributed by atoms with Gasteiger partial charge in [0.25, 0.3) is 0 Å². The molecule has 0 N–H and O–H groups in total. The maximum absolute atomic E-state index is 3.58. The molecular weight excluding hydrogens is 176 g/mol. The summed E-state index contributed by atoms with van der Waals surface area (Å²) in [7, 11) is 0. The van der Waals surface area contributed by atoms with Crippen LogP contribution in [-0.4, -0.2) is 27.4 Å². The SMILES string of the molecule is CCC(C)(Br)CC.[H-].[H-].[Mg+2]. The quantitative estimate of drug-likeness (QED) is 0.465. The summed E-state index contributed by atoms with van der Waals surface area (Å²) in [6, 6.07) is 0. The van der Waals surface area contributed by atoms with Gasteiger partial charge in [-0.15, -0.1) is 0 Å². The molecule has 0 aliphatic rings. The molecule has 0 radical (unpaired) electrons. The molecule has 2 heteroatoms. The molecule has 0 rings (SSSR count). The van der Waals surface area contributed by atoms with Gasteiger partial charge in [0.2, 0.25) is 0 Å². The standard InChI is InChI=1S/C6H13Br.Mg.2H/c1-4-6(3,7)5-2;;;/h4-5H2,1-3H3;;;/q;+2;2*-1. The molecule has 0 spiro atoms. The van der Waals surface area contributed by atoms with Gasteiger partial charge >= 0.3 is 23.1 Å². The van der Waals surface area contributed by atoms with E-state index in [4.69, 9.17) is 0 Å². The molecule has 0 aliphatic heterocycles. The summed E-state index contributed by atoms with van der Waals surface area (Å²) in [5, 5.41) is 0. The number of halogens is 1. The first-order chi connectivity index (χ1) is 3.12. The van der Waals surface area contributed by atoms with Crippen LogP contribution in [0.25, 0.3) is 0 Å². The van der Waals surface area contributed by atoms with E-state index in [2.05, 4.69) is 36.7 Å². The van der Waals surface area contributed by atoms with Crippen LogP contribution < -0.4 is 0 Å². The molecule has 0 saturated heterocycles. The average molecular weight is 191 g/mol. The van der Waals surface area contributed by atoms with Crippen molar-refractivity contribution in [3.63, 3.8) is 0 Å². The van der Waals surface area contributed by atoms with Crippen molar-refractivity contribution < 1.29 is 2.85 Å². The van der Waals surface area contributed by atoms with Gasteiger partial charge in [-0.25, -0.2) is 0 Å². The zero-order valence-corrected chi connectivity index (χ0v) is 9.00. The van der Waals surface area contributed by atoms with E-state index in [0.717, 1.165) is 0 Å². The van der Waals surface area contributed by atoms with Crippen LogP contribution in [0.1, 0.15) is 36.5 Å². The van der Waals surface area contributed by atoms with E-state index in [-0.39, 0.29) is 25.9 Å². The maximum atomic E-state index is 3.58. The van der Waals surface area contributed by atoms with Gasteiger partial charge in [0.05, 0.1) is 0 Å². The molecule has 0 saturated carbocycles.